The van der Waals surface area contributed by atoms with E-state index in [0.717, 1.165) is 0 Å². The molecule has 2 aromatic carbocycles. The highest BCUT2D eigenvalue weighted by molar-refractivity contribution is 7.70. The van der Waals surface area contributed by atoms with Crippen LogP contribution in [-0.4, -0.2) is 54.2 Å². The van der Waals surface area contributed by atoms with Crippen molar-refractivity contribution >= 4 is 64.3 Å². The normalized spacial score (nSPS) is 13.8. The summed E-state index contributed by atoms with van der Waals surface area (Å²) in [5.41, 5.74) is 1.12. The predicted octanol–water partition coefficient (Wildman–Crippen LogP) is 4.95. The zero-order valence-electron chi connectivity index (χ0n) is 20.5. The van der Waals surface area contributed by atoms with Crippen molar-refractivity contribution in [2.45, 2.75) is 12.8 Å². The second-order valence-electron chi connectivity index (χ2n) is 8.83. The number of rotatable bonds is 8. The largest absolute Gasteiger partial charge is 0.494 e. The quantitative estimate of drug-likeness (QED) is 0.227. The summed E-state index contributed by atoms with van der Waals surface area (Å²) in [6, 6.07) is 10.1. The van der Waals surface area contributed by atoms with Crippen molar-refractivity contribution in [2.75, 3.05) is 49.1 Å². The van der Waals surface area contributed by atoms with E-state index in [4.69, 9.17) is 16.3 Å². The van der Waals surface area contributed by atoms with Gasteiger partial charge >= 0.3 is 0 Å². The molecule has 1 fully saturated rings. The lowest BCUT2D eigenvalue weighted by molar-refractivity contribution is -0.384. The average Bonchev–Trinajstić information content (AvgIpc) is 2.86. The van der Waals surface area contributed by atoms with E-state index in [1.165, 1.54) is 19.4 Å². The fraction of sp³-hybridized carbons (Fsp3) is 0.292. The Bertz CT molecular complexity index is 1400. The molecule has 3 aromatic rings. The minimum Gasteiger partial charge on any atom is -0.494 e. The van der Waals surface area contributed by atoms with E-state index < -0.39 is 12.1 Å². The van der Waals surface area contributed by atoms with Gasteiger partial charge in [0.2, 0.25) is 5.95 Å². The number of piperidine rings is 1. The van der Waals surface area contributed by atoms with Gasteiger partial charge in [0, 0.05) is 43.4 Å². The van der Waals surface area contributed by atoms with Crippen molar-refractivity contribution < 1.29 is 19.0 Å². The van der Waals surface area contributed by atoms with Gasteiger partial charge in [0.15, 0.2) is 5.82 Å². The SMILES string of the molecule is COc1cc(N2CCC(=O)CC2)c([N+](=O)[O-])cc1Nc1ncc(Cl)c(Nc2ccccc2P(C)(C)=O)n1. The van der Waals surface area contributed by atoms with Gasteiger partial charge in [-0.25, -0.2) is 4.98 Å². The molecule has 0 amide bonds. The molecule has 2 heterocycles. The number of nitrogens with zero attached hydrogens (tertiary/aromatic N) is 4. The number of ether oxygens (including phenoxy) is 1. The Balaban J connectivity index is 1.67. The van der Waals surface area contributed by atoms with Crippen molar-refractivity contribution in [3.05, 3.63) is 57.7 Å². The lowest BCUT2D eigenvalue weighted by atomic mass is 10.1. The Morgan fingerprint density at radius 3 is 2.49 bits per heavy atom. The number of nitro benzene ring substituents is 1. The molecule has 0 radical (unpaired) electrons. The number of hydrogen-bond donors (Lipinski definition) is 2. The number of hydrogen-bond acceptors (Lipinski definition) is 10. The highest BCUT2D eigenvalue weighted by Gasteiger charge is 2.27. The van der Waals surface area contributed by atoms with Crippen LogP contribution in [0.15, 0.2) is 42.6 Å². The number of halogens is 1. The average molecular weight is 545 g/mol. The van der Waals surface area contributed by atoms with E-state index in [1.807, 2.05) is 4.90 Å². The molecule has 0 bridgehead atoms. The van der Waals surface area contributed by atoms with Crippen molar-refractivity contribution in [1.82, 2.24) is 9.97 Å². The van der Waals surface area contributed by atoms with Gasteiger partial charge in [-0.2, -0.15) is 4.98 Å². The van der Waals surface area contributed by atoms with Gasteiger partial charge in [0.25, 0.3) is 5.69 Å². The van der Waals surface area contributed by atoms with Crippen molar-refractivity contribution in [3.8, 4) is 5.75 Å². The smallest absolute Gasteiger partial charge is 0.294 e. The van der Waals surface area contributed by atoms with Gasteiger partial charge in [-0.1, -0.05) is 23.7 Å². The maximum Gasteiger partial charge on any atom is 0.294 e. The molecule has 1 aliphatic rings. The summed E-state index contributed by atoms with van der Waals surface area (Å²) in [7, 11) is -1.13. The molecular weight excluding hydrogens is 519 g/mol. The summed E-state index contributed by atoms with van der Waals surface area (Å²) in [4.78, 5) is 33.5. The Hall–Kier alpha value is -3.69. The summed E-state index contributed by atoms with van der Waals surface area (Å²) in [5.74, 6) is 0.859. The van der Waals surface area contributed by atoms with Crippen LogP contribution < -0.4 is 25.6 Å². The van der Waals surface area contributed by atoms with Crippen molar-refractivity contribution in [2.24, 2.45) is 0 Å². The fourth-order valence-corrected chi connectivity index (χ4v) is 5.33. The van der Waals surface area contributed by atoms with Gasteiger partial charge in [0.05, 0.1) is 29.6 Å². The first-order chi connectivity index (χ1) is 17.6. The summed E-state index contributed by atoms with van der Waals surface area (Å²) in [5, 5.41) is 18.9. The van der Waals surface area contributed by atoms with E-state index in [1.54, 1.807) is 43.7 Å². The number of benzene rings is 2. The van der Waals surface area contributed by atoms with Crippen LogP contribution in [0.2, 0.25) is 5.02 Å². The zero-order chi connectivity index (χ0) is 26.7. The number of anilines is 5. The first-order valence-electron chi connectivity index (χ1n) is 11.4. The number of carbonyl (C=O) groups is 1. The zero-order valence-corrected chi connectivity index (χ0v) is 22.2. The molecule has 4 rings (SSSR count). The van der Waals surface area contributed by atoms with Crippen LogP contribution in [0, 0.1) is 10.1 Å². The van der Waals surface area contributed by atoms with Crippen LogP contribution in [0.5, 0.6) is 5.75 Å². The molecule has 13 heteroatoms. The van der Waals surface area contributed by atoms with Gasteiger partial charge in [-0.15, -0.1) is 0 Å². The standard InChI is InChI=1S/C24H26ClN6O5P/c1-36-21-13-19(30-10-8-15(32)9-11-30)20(31(33)34)12-18(21)28-24-26-14-16(25)23(29-24)27-17-6-4-5-7-22(17)37(2,3)35/h4-7,12-14H,8-11H2,1-3H3,(H2,26,27,28,29). The second-order valence-corrected chi connectivity index (χ2v) is 12.4. The number of para-hydroxylation sites is 1. The van der Waals surface area contributed by atoms with E-state index >= 15 is 0 Å². The number of nitro groups is 1. The van der Waals surface area contributed by atoms with Crippen LogP contribution >= 0.6 is 18.7 Å². The molecule has 0 atom stereocenters. The lowest BCUT2D eigenvalue weighted by Crippen LogP contribution is -2.34. The first-order valence-corrected chi connectivity index (χ1v) is 14.4. The molecule has 2 N–H and O–H groups in total. The highest BCUT2D eigenvalue weighted by atomic mass is 35.5. The van der Waals surface area contributed by atoms with Gasteiger partial charge in [-0.3, -0.25) is 14.9 Å². The molecule has 1 saturated heterocycles. The van der Waals surface area contributed by atoms with E-state index in [9.17, 15) is 19.5 Å². The summed E-state index contributed by atoms with van der Waals surface area (Å²) < 4.78 is 18.2. The maximum atomic E-state index is 12.7. The third-order valence-corrected chi connectivity index (χ3v) is 7.71. The van der Waals surface area contributed by atoms with Crippen LogP contribution in [0.4, 0.5) is 34.5 Å². The Morgan fingerprint density at radius 2 is 1.84 bits per heavy atom. The first kappa shape index (κ1) is 26.4. The number of carbonyl (C=O) groups excluding carboxylic acids is 1. The molecule has 194 valence electrons. The monoisotopic (exact) mass is 544 g/mol. The minimum absolute atomic E-state index is 0.115. The topological polar surface area (TPSA) is 140 Å². The number of aromatic nitrogens is 2. The second kappa shape index (κ2) is 10.7. The molecule has 0 unspecified atom stereocenters. The molecule has 0 aliphatic carbocycles. The van der Waals surface area contributed by atoms with E-state index in [0.29, 0.717) is 48.4 Å². The lowest BCUT2D eigenvalue weighted by Gasteiger charge is -2.28. The number of nitrogens with one attached hydrogen (secondary N) is 2. The highest BCUT2D eigenvalue weighted by Crippen LogP contribution is 2.41. The molecule has 1 aromatic heterocycles. The minimum atomic E-state index is -2.59. The molecule has 0 saturated carbocycles. The van der Waals surface area contributed by atoms with Gasteiger partial charge in [-0.05, 0) is 25.5 Å². The van der Waals surface area contributed by atoms with Gasteiger partial charge in [0.1, 0.15) is 29.4 Å². The molecule has 37 heavy (non-hydrogen) atoms. The summed E-state index contributed by atoms with van der Waals surface area (Å²) >= 11 is 6.33. The third-order valence-electron chi connectivity index (χ3n) is 5.88. The third kappa shape index (κ3) is 6.00. The van der Waals surface area contributed by atoms with Crippen LogP contribution in [0.1, 0.15) is 12.8 Å². The molecule has 11 nitrogen and oxygen atoms in total. The van der Waals surface area contributed by atoms with Crippen molar-refractivity contribution in [3.63, 3.8) is 0 Å². The number of methoxy groups -OCH3 is 1. The fourth-order valence-electron chi connectivity index (χ4n) is 4.03. The summed E-state index contributed by atoms with van der Waals surface area (Å²) in [6.45, 7) is 4.14. The molecule has 1 aliphatic heterocycles. The van der Waals surface area contributed by atoms with Crippen LogP contribution in [0.25, 0.3) is 0 Å². The van der Waals surface area contributed by atoms with Crippen LogP contribution in [-0.2, 0) is 9.36 Å². The van der Waals surface area contributed by atoms with Gasteiger partial charge < -0.3 is 24.8 Å². The van der Waals surface area contributed by atoms with E-state index in [-0.39, 0.29) is 33.9 Å². The molecular formula is C24H26ClN6O5P. The predicted molar refractivity (Wildman–Crippen MR) is 145 cm³/mol. The maximum absolute atomic E-state index is 12.7. The Labute approximate surface area is 218 Å². The van der Waals surface area contributed by atoms with Crippen LogP contribution in [0.3, 0.4) is 0 Å². The summed E-state index contributed by atoms with van der Waals surface area (Å²) in [6.07, 6.45) is 2.06. The number of ketones is 1. The van der Waals surface area contributed by atoms with E-state index in [2.05, 4.69) is 20.6 Å². The molecule has 0 spiro atoms. The van der Waals surface area contributed by atoms with Crippen molar-refractivity contribution in [1.29, 1.82) is 0 Å². The Kier molecular flexibility index (Phi) is 7.65. The number of Topliss-reactive ketones (excluding diaryl/α,β-unsaturated/α-hetero) is 1. The Morgan fingerprint density at radius 1 is 1.14 bits per heavy atom.